The third-order valence-electron chi connectivity index (χ3n) is 5.76. The predicted octanol–water partition coefficient (Wildman–Crippen LogP) is 3.14. The fraction of sp³-hybridized carbons (Fsp3) is 0.545. The van der Waals surface area contributed by atoms with Gasteiger partial charge in [-0.1, -0.05) is 29.9 Å². The summed E-state index contributed by atoms with van der Waals surface area (Å²) < 4.78 is 0. The maximum atomic E-state index is 11.5. The van der Waals surface area contributed by atoms with Crippen LogP contribution in [0.1, 0.15) is 38.7 Å². The van der Waals surface area contributed by atoms with Crippen molar-refractivity contribution in [3.8, 4) is 0 Å². The molecular weight excluding hydrogens is 336 g/mol. The van der Waals surface area contributed by atoms with Crippen LogP contribution in [0, 0.1) is 5.92 Å². The number of anilines is 1. The fourth-order valence-electron chi connectivity index (χ4n) is 3.94. The zero-order valence-corrected chi connectivity index (χ0v) is 16.7. The molecule has 2 aliphatic rings. The van der Waals surface area contributed by atoms with E-state index in [1.54, 1.807) is 6.92 Å². The van der Waals surface area contributed by atoms with E-state index in [-0.39, 0.29) is 5.91 Å². The van der Waals surface area contributed by atoms with Crippen LogP contribution < -0.4 is 10.2 Å². The molecule has 0 aromatic carbocycles. The molecule has 0 radical (unpaired) electrons. The molecule has 5 heteroatoms. The lowest BCUT2D eigenvalue weighted by atomic mass is 9.85. The normalized spacial score (nSPS) is 20.4. The summed E-state index contributed by atoms with van der Waals surface area (Å²) >= 11 is 0. The van der Waals surface area contributed by atoms with Crippen molar-refractivity contribution in [2.24, 2.45) is 5.92 Å². The van der Waals surface area contributed by atoms with Crippen LogP contribution in [0.3, 0.4) is 0 Å². The van der Waals surface area contributed by atoms with Crippen molar-refractivity contribution in [2.75, 3.05) is 37.6 Å². The molecule has 1 aliphatic carbocycles. The summed E-state index contributed by atoms with van der Waals surface area (Å²) in [5.41, 5.74) is 4.04. The monoisotopic (exact) mass is 368 g/mol. The predicted molar refractivity (Wildman–Crippen MR) is 111 cm³/mol. The van der Waals surface area contributed by atoms with Gasteiger partial charge in [-0.3, -0.25) is 4.79 Å². The molecule has 1 N–H and O–H groups in total. The van der Waals surface area contributed by atoms with Crippen molar-refractivity contribution in [1.82, 2.24) is 15.2 Å². The zero-order valence-electron chi connectivity index (χ0n) is 16.7. The molecule has 27 heavy (non-hydrogen) atoms. The van der Waals surface area contributed by atoms with Gasteiger partial charge in [0, 0.05) is 58.0 Å². The second-order valence-electron chi connectivity index (χ2n) is 7.76. The van der Waals surface area contributed by atoms with Gasteiger partial charge in [-0.25, -0.2) is 4.98 Å². The quantitative estimate of drug-likeness (QED) is 0.784. The van der Waals surface area contributed by atoms with Gasteiger partial charge in [0.25, 0.3) is 0 Å². The minimum atomic E-state index is 0.159. The van der Waals surface area contributed by atoms with Crippen molar-refractivity contribution in [3.05, 3.63) is 47.7 Å². The van der Waals surface area contributed by atoms with Crippen molar-refractivity contribution in [3.63, 3.8) is 0 Å². The van der Waals surface area contributed by atoms with E-state index in [0.29, 0.717) is 5.92 Å². The molecular formula is C22H32N4O. The molecule has 0 saturated carbocycles. The minimum Gasteiger partial charge on any atom is -0.353 e. The number of aromatic nitrogens is 1. The second-order valence-corrected chi connectivity index (χ2v) is 7.76. The van der Waals surface area contributed by atoms with E-state index in [4.69, 9.17) is 0 Å². The number of amides is 1. The van der Waals surface area contributed by atoms with Gasteiger partial charge in [-0.15, -0.1) is 0 Å². The summed E-state index contributed by atoms with van der Waals surface area (Å²) in [5.74, 6) is 1.87. The lowest BCUT2D eigenvalue weighted by Gasteiger charge is -2.35. The van der Waals surface area contributed by atoms with Crippen LogP contribution in [-0.4, -0.2) is 48.5 Å². The van der Waals surface area contributed by atoms with Crippen LogP contribution in [0.15, 0.2) is 42.1 Å². The van der Waals surface area contributed by atoms with E-state index in [2.05, 4.69) is 40.8 Å². The number of carbonyl (C=O) groups excluding carboxylic acids is 1. The number of pyridine rings is 1. The molecule has 0 spiro atoms. The Balaban J connectivity index is 1.53. The summed E-state index contributed by atoms with van der Waals surface area (Å²) in [4.78, 5) is 20.4. The number of nitrogens with zero attached hydrogens (tertiary/aromatic N) is 3. The maximum absolute atomic E-state index is 11.5. The topological polar surface area (TPSA) is 48.5 Å². The Morgan fingerprint density at radius 1 is 1.26 bits per heavy atom. The first-order valence-corrected chi connectivity index (χ1v) is 10.0. The average Bonchev–Trinajstić information content (AvgIpc) is 2.69. The van der Waals surface area contributed by atoms with Crippen LogP contribution in [-0.2, 0) is 11.3 Å². The van der Waals surface area contributed by atoms with Crippen LogP contribution in [0.4, 0.5) is 5.82 Å². The van der Waals surface area contributed by atoms with E-state index in [1.807, 2.05) is 17.2 Å². The summed E-state index contributed by atoms with van der Waals surface area (Å²) in [6.07, 6.45) is 7.77. The Morgan fingerprint density at radius 2 is 2.04 bits per heavy atom. The lowest BCUT2D eigenvalue weighted by Crippen LogP contribution is -2.48. The van der Waals surface area contributed by atoms with Crippen molar-refractivity contribution in [1.29, 1.82) is 0 Å². The zero-order chi connectivity index (χ0) is 19.2. The number of carbonyl (C=O) groups is 1. The number of nitrogens with one attached hydrogen (secondary N) is 1. The minimum absolute atomic E-state index is 0.159. The highest BCUT2D eigenvalue weighted by Crippen LogP contribution is 2.28. The number of hydrogen-bond donors (Lipinski definition) is 1. The molecule has 5 nitrogen and oxygen atoms in total. The standard InChI is InChI=1S/C22H32N4O/c1-17(2)20-8-6-19(7-9-20)15-23-16-21-5-4-10-24-22(21)26-13-11-25(12-14-26)18(3)27/h4-6,10,20,23H,1,7-9,11-16H2,2-3H3/t20-/m1/s1. The first kappa shape index (κ1) is 19.6. The average molecular weight is 369 g/mol. The van der Waals surface area contributed by atoms with E-state index in [1.165, 1.54) is 23.1 Å². The third kappa shape index (κ3) is 5.19. The molecule has 1 fully saturated rings. The number of hydrogen-bond acceptors (Lipinski definition) is 4. The Kier molecular flexibility index (Phi) is 6.67. The Morgan fingerprint density at radius 3 is 2.67 bits per heavy atom. The van der Waals surface area contributed by atoms with Crippen LogP contribution in [0.25, 0.3) is 0 Å². The van der Waals surface area contributed by atoms with Crippen LogP contribution in [0.2, 0.25) is 0 Å². The van der Waals surface area contributed by atoms with E-state index in [0.717, 1.165) is 57.9 Å². The van der Waals surface area contributed by atoms with Gasteiger partial charge in [0.2, 0.25) is 5.91 Å². The molecule has 1 aliphatic heterocycles. The molecule has 1 saturated heterocycles. The molecule has 0 bridgehead atoms. The molecule has 1 amide bonds. The smallest absolute Gasteiger partial charge is 0.219 e. The van der Waals surface area contributed by atoms with Gasteiger partial charge < -0.3 is 15.1 Å². The molecule has 146 valence electrons. The van der Waals surface area contributed by atoms with Crippen molar-refractivity contribution < 1.29 is 4.79 Å². The Labute approximate surface area is 163 Å². The summed E-state index contributed by atoms with van der Waals surface area (Å²) in [5, 5.41) is 3.60. The van der Waals surface area contributed by atoms with Crippen LogP contribution >= 0.6 is 0 Å². The van der Waals surface area contributed by atoms with Gasteiger partial charge in [-0.05, 0) is 38.2 Å². The first-order chi connectivity index (χ1) is 13.0. The second kappa shape index (κ2) is 9.18. The highest BCUT2D eigenvalue weighted by molar-refractivity contribution is 5.73. The fourth-order valence-corrected chi connectivity index (χ4v) is 3.94. The SMILES string of the molecule is C=C(C)[C@@H]1CC=C(CNCc2cccnc2N2CCN(C(C)=O)CC2)CC1. The highest BCUT2D eigenvalue weighted by Gasteiger charge is 2.21. The van der Waals surface area contributed by atoms with Gasteiger partial charge in [0.05, 0.1) is 0 Å². The number of piperazine rings is 1. The highest BCUT2D eigenvalue weighted by atomic mass is 16.2. The van der Waals surface area contributed by atoms with Crippen molar-refractivity contribution in [2.45, 2.75) is 39.7 Å². The summed E-state index contributed by atoms with van der Waals surface area (Å²) in [6, 6.07) is 4.16. The number of allylic oxidation sites excluding steroid dienone is 2. The Bertz CT molecular complexity index is 704. The molecule has 1 aromatic rings. The number of rotatable bonds is 6. The van der Waals surface area contributed by atoms with Crippen molar-refractivity contribution >= 4 is 11.7 Å². The molecule has 2 heterocycles. The summed E-state index contributed by atoms with van der Waals surface area (Å²) in [6.45, 7) is 12.9. The van der Waals surface area contributed by atoms with E-state index < -0.39 is 0 Å². The molecule has 0 unspecified atom stereocenters. The van der Waals surface area contributed by atoms with Gasteiger partial charge in [0.15, 0.2) is 0 Å². The third-order valence-corrected chi connectivity index (χ3v) is 5.76. The molecule has 1 atom stereocenters. The van der Waals surface area contributed by atoms with Gasteiger partial charge in [0.1, 0.15) is 5.82 Å². The first-order valence-electron chi connectivity index (χ1n) is 10.0. The van der Waals surface area contributed by atoms with Crippen LogP contribution in [0.5, 0.6) is 0 Å². The molecule has 1 aromatic heterocycles. The van der Waals surface area contributed by atoms with Gasteiger partial charge >= 0.3 is 0 Å². The van der Waals surface area contributed by atoms with E-state index >= 15 is 0 Å². The van der Waals surface area contributed by atoms with E-state index in [9.17, 15) is 4.79 Å². The lowest BCUT2D eigenvalue weighted by molar-refractivity contribution is -0.129. The van der Waals surface area contributed by atoms with Gasteiger partial charge in [-0.2, -0.15) is 0 Å². The molecule has 3 rings (SSSR count). The Hall–Kier alpha value is -2.14. The largest absolute Gasteiger partial charge is 0.353 e. The summed E-state index contributed by atoms with van der Waals surface area (Å²) in [7, 11) is 0. The maximum Gasteiger partial charge on any atom is 0.219 e.